The molecule has 0 aromatic heterocycles. The second-order valence-electron chi connectivity index (χ2n) is 14.6. The fourth-order valence-corrected chi connectivity index (χ4v) is 4.12. The summed E-state index contributed by atoms with van der Waals surface area (Å²) in [5, 5.41) is 5.01. The molecule has 0 aliphatic heterocycles. The zero-order chi connectivity index (χ0) is 46.7. The molecule has 0 saturated heterocycles. The quantitative estimate of drug-likeness (QED) is 0.0712. The van der Waals surface area contributed by atoms with Gasteiger partial charge in [0.15, 0.2) is 0 Å². The predicted molar refractivity (Wildman–Crippen MR) is 221 cm³/mol. The van der Waals surface area contributed by atoms with Crippen LogP contribution in [-0.2, 0) is 66.7 Å². The van der Waals surface area contributed by atoms with Crippen molar-refractivity contribution in [3.8, 4) is 0 Å². The van der Waals surface area contributed by atoms with Crippen LogP contribution in [0.5, 0.6) is 0 Å². The summed E-state index contributed by atoms with van der Waals surface area (Å²) >= 11 is 0. The first-order chi connectivity index (χ1) is 28.3. The standard InChI is InChI=1S/C43H54N2O16/c1-25(2)34(46)54-17-42(18-55-35(47)26(3)4,19-56-36(48)27(5)6)23-60-40(52)44-32-15-14-31(13)33(16-32)45-41(53)61-24-43(20-57-37(49)28(7)8,21-58-38(50)29(9)10)22-59-39(51)30(11)12/h14-16H,1,3,5,7,9,11,17-24H2,2,4,6,8,10,12-13H3,(H,44,52)(H,45,53). The second-order valence-corrected chi connectivity index (χ2v) is 14.6. The van der Waals surface area contributed by atoms with Crippen molar-refractivity contribution in [3.05, 3.63) is 96.7 Å². The van der Waals surface area contributed by atoms with Crippen molar-refractivity contribution in [2.45, 2.75) is 48.5 Å². The molecule has 61 heavy (non-hydrogen) atoms. The molecule has 0 unspecified atom stereocenters. The number of amides is 2. The number of aryl methyl sites for hydroxylation is 1. The molecule has 0 aliphatic carbocycles. The van der Waals surface area contributed by atoms with Crippen molar-refractivity contribution in [2.75, 3.05) is 63.5 Å². The third-order valence-corrected chi connectivity index (χ3v) is 7.89. The second kappa shape index (κ2) is 24.2. The maximum atomic E-state index is 13.2. The maximum Gasteiger partial charge on any atom is 0.411 e. The van der Waals surface area contributed by atoms with Crippen molar-refractivity contribution in [1.29, 1.82) is 0 Å². The average Bonchev–Trinajstić information content (AvgIpc) is 3.19. The van der Waals surface area contributed by atoms with Gasteiger partial charge in [0.05, 0.1) is 0 Å². The van der Waals surface area contributed by atoms with E-state index in [-0.39, 0.29) is 44.8 Å². The third-order valence-electron chi connectivity index (χ3n) is 7.89. The van der Waals surface area contributed by atoms with Crippen molar-refractivity contribution >= 4 is 59.4 Å². The van der Waals surface area contributed by atoms with E-state index in [2.05, 4.69) is 50.1 Å². The molecule has 332 valence electrons. The lowest BCUT2D eigenvalue weighted by molar-refractivity contribution is -0.162. The number of esters is 6. The molecule has 0 fully saturated rings. The van der Waals surface area contributed by atoms with E-state index >= 15 is 0 Å². The monoisotopic (exact) mass is 854 g/mol. The smallest absolute Gasteiger partial charge is 0.411 e. The van der Waals surface area contributed by atoms with Gasteiger partial charge in [0, 0.05) is 44.8 Å². The van der Waals surface area contributed by atoms with E-state index < -0.39 is 112 Å². The third kappa shape index (κ3) is 18.7. The first kappa shape index (κ1) is 52.0. The lowest BCUT2D eigenvalue weighted by atomic mass is 9.92. The van der Waals surface area contributed by atoms with E-state index in [1.807, 2.05) is 0 Å². The van der Waals surface area contributed by atoms with Crippen LogP contribution < -0.4 is 10.6 Å². The molecule has 1 aromatic carbocycles. The van der Waals surface area contributed by atoms with Crippen LogP contribution in [0.3, 0.4) is 0 Å². The lowest BCUT2D eigenvalue weighted by Crippen LogP contribution is -2.44. The molecular weight excluding hydrogens is 800 g/mol. The number of carbonyl (C=O) groups is 8. The number of hydrogen-bond acceptors (Lipinski definition) is 16. The van der Waals surface area contributed by atoms with Crippen molar-refractivity contribution in [3.63, 3.8) is 0 Å². The number of anilines is 2. The summed E-state index contributed by atoms with van der Waals surface area (Å²) in [5.41, 5.74) is -2.27. The fourth-order valence-electron chi connectivity index (χ4n) is 4.12. The highest BCUT2D eigenvalue weighted by molar-refractivity contribution is 5.91. The normalized spacial score (nSPS) is 10.7. The molecule has 0 atom stereocenters. The largest absolute Gasteiger partial charge is 0.461 e. The molecule has 0 heterocycles. The first-order valence-electron chi connectivity index (χ1n) is 18.3. The topological polar surface area (TPSA) is 234 Å². The first-order valence-corrected chi connectivity index (χ1v) is 18.3. The molecule has 18 nitrogen and oxygen atoms in total. The zero-order valence-corrected chi connectivity index (χ0v) is 35.7. The summed E-state index contributed by atoms with van der Waals surface area (Å²) in [6.45, 7) is 26.6. The van der Waals surface area contributed by atoms with Gasteiger partial charge in [-0.15, -0.1) is 0 Å². The molecule has 0 spiro atoms. The van der Waals surface area contributed by atoms with E-state index in [9.17, 15) is 38.4 Å². The maximum absolute atomic E-state index is 13.2. The number of rotatable bonds is 24. The van der Waals surface area contributed by atoms with Crippen LogP contribution >= 0.6 is 0 Å². The van der Waals surface area contributed by atoms with Gasteiger partial charge in [-0.3, -0.25) is 10.6 Å². The molecule has 1 aromatic rings. The Labute approximate surface area is 354 Å². The minimum absolute atomic E-state index is 0.0368. The summed E-state index contributed by atoms with van der Waals surface area (Å²) in [7, 11) is 0. The molecular formula is C43H54N2O16. The SMILES string of the molecule is C=C(C)C(=O)OCC(COC(=O)Nc1ccc(C)c(NC(=O)OCC(COC(=O)C(=C)C)(COC(=O)C(=C)C)COC(=O)C(=C)C)c1)(COC(=O)C(=C)C)COC(=O)C(=C)C. The number of benzene rings is 1. The van der Waals surface area contributed by atoms with Gasteiger partial charge in [0.25, 0.3) is 0 Å². The Morgan fingerprint density at radius 3 is 0.934 bits per heavy atom. The Balaban J connectivity index is 3.34. The Morgan fingerprint density at radius 1 is 0.426 bits per heavy atom. The molecule has 18 heteroatoms. The van der Waals surface area contributed by atoms with Gasteiger partial charge in [-0.05, 0) is 66.2 Å². The molecule has 0 bridgehead atoms. The summed E-state index contributed by atoms with van der Waals surface area (Å²) in [6, 6.07) is 4.37. The average molecular weight is 855 g/mol. The van der Waals surface area contributed by atoms with Gasteiger partial charge in [-0.25, -0.2) is 38.4 Å². The van der Waals surface area contributed by atoms with E-state index in [0.717, 1.165) is 0 Å². The van der Waals surface area contributed by atoms with Crippen molar-refractivity contribution in [2.24, 2.45) is 10.8 Å². The highest BCUT2D eigenvalue weighted by Gasteiger charge is 2.40. The van der Waals surface area contributed by atoms with Crippen LogP contribution in [0.1, 0.15) is 47.1 Å². The predicted octanol–water partition coefficient (Wildman–Crippen LogP) is 5.78. The summed E-state index contributed by atoms with van der Waals surface area (Å²) in [6.07, 6.45) is -2.12. The molecule has 0 aliphatic rings. The molecule has 0 radical (unpaired) electrons. The summed E-state index contributed by atoms with van der Waals surface area (Å²) in [5.74, 6) is -4.92. The zero-order valence-electron chi connectivity index (χ0n) is 35.7. The molecule has 0 saturated carbocycles. The molecule has 2 N–H and O–H groups in total. The van der Waals surface area contributed by atoms with E-state index in [0.29, 0.717) is 5.56 Å². The van der Waals surface area contributed by atoms with Gasteiger partial charge in [-0.2, -0.15) is 0 Å². The van der Waals surface area contributed by atoms with E-state index in [1.165, 1.54) is 59.7 Å². The fraction of sp³-hybridized carbons (Fsp3) is 0.395. The number of hydrogen-bond donors (Lipinski definition) is 2. The van der Waals surface area contributed by atoms with E-state index in [1.54, 1.807) is 6.92 Å². The van der Waals surface area contributed by atoms with Gasteiger partial charge in [0.1, 0.15) is 63.7 Å². The van der Waals surface area contributed by atoms with Crippen LogP contribution in [0.25, 0.3) is 0 Å². The minimum atomic E-state index is -1.62. The Bertz CT molecular complexity index is 1810. The van der Waals surface area contributed by atoms with Crippen LogP contribution in [0, 0.1) is 17.8 Å². The van der Waals surface area contributed by atoms with Crippen molar-refractivity contribution < 1.29 is 76.3 Å². The van der Waals surface area contributed by atoms with Gasteiger partial charge in [0.2, 0.25) is 0 Å². The molecule has 1 rings (SSSR count). The van der Waals surface area contributed by atoms with Crippen LogP contribution in [0.15, 0.2) is 91.1 Å². The van der Waals surface area contributed by atoms with Crippen molar-refractivity contribution in [1.82, 2.24) is 0 Å². The summed E-state index contributed by atoms with van der Waals surface area (Å²) in [4.78, 5) is 100. The van der Waals surface area contributed by atoms with Gasteiger partial charge in [-0.1, -0.05) is 45.5 Å². The highest BCUT2D eigenvalue weighted by atomic mass is 16.6. The molecule has 2 amide bonds. The number of carbonyl (C=O) groups excluding carboxylic acids is 8. The lowest BCUT2D eigenvalue weighted by Gasteiger charge is -2.31. The summed E-state index contributed by atoms with van der Waals surface area (Å²) < 4.78 is 42.8. The van der Waals surface area contributed by atoms with Crippen LogP contribution in [0.2, 0.25) is 0 Å². The number of nitrogens with one attached hydrogen (secondary N) is 2. The Kier molecular flexibility index (Phi) is 20.6. The Hall–Kier alpha value is -6.98. The van der Waals surface area contributed by atoms with Crippen LogP contribution in [-0.4, -0.2) is 101 Å². The van der Waals surface area contributed by atoms with Gasteiger partial charge < -0.3 is 37.9 Å². The minimum Gasteiger partial charge on any atom is -0.461 e. The van der Waals surface area contributed by atoms with E-state index in [4.69, 9.17) is 37.9 Å². The Morgan fingerprint density at radius 2 is 0.672 bits per heavy atom. The number of ether oxygens (including phenoxy) is 8. The van der Waals surface area contributed by atoms with Crippen LogP contribution in [0.4, 0.5) is 21.0 Å². The van der Waals surface area contributed by atoms with Gasteiger partial charge >= 0.3 is 48.0 Å². The highest BCUT2D eigenvalue weighted by Crippen LogP contribution is 2.26.